The zero-order valence-electron chi connectivity index (χ0n) is 14.4. The lowest BCUT2D eigenvalue weighted by Crippen LogP contribution is -2.36. The van der Waals surface area contributed by atoms with E-state index in [1.54, 1.807) is 0 Å². The highest BCUT2D eigenvalue weighted by Crippen LogP contribution is 2.16. The van der Waals surface area contributed by atoms with Crippen LogP contribution in [0.25, 0.3) is 0 Å². The minimum atomic E-state index is -0.467. The van der Waals surface area contributed by atoms with Gasteiger partial charge in [0.25, 0.3) is 0 Å². The molecule has 0 saturated heterocycles. The summed E-state index contributed by atoms with van der Waals surface area (Å²) in [7, 11) is 0. The lowest BCUT2D eigenvalue weighted by Gasteiger charge is -2.19. The third kappa shape index (κ3) is 10.6. The minimum Gasteiger partial charge on any atom is -0.444 e. The zero-order chi connectivity index (χ0) is 17.2. The van der Waals surface area contributed by atoms with Crippen LogP contribution in [0, 0.1) is 0 Å². The standard InChI is InChI=1S/C17H29BrN2O2/c1-7-13(3)14(11-15(18)8-2)12-19-9-10-20-16(21)22-17(4,5)6/h8,11,19H,3,7,9-10,12H2,1-2,4-6H3,(H,20,21)/b14-11-,15-8+. The monoisotopic (exact) mass is 372 g/mol. The van der Waals surface area contributed by atoms with Gasteiger partial charge in [-0.05, 0) is 45.8 Å². The highest BCUT2D eigenvalue weighted by Gasteiger charge is 2.15. The van der Waals surface area contributed by atoms with E-state index in [4.69, 9.17) is 4.74 Å². The molecule has 1 amide bonds. The summed E-state index contributed by atoms with van der Waals surface area (Å²) in [6, 6.07) is 0. The second-order valence-corrected chi connectivity index (χ2v) is 6.82. The number of ether oxygens (including phenoxy) is 1. The van der Waals surface area contributed by atoms with Crippen molar-refractivity contribution in [2.24, 2.45) is 0 Å². The van der Waals surface area contributed by atoms with Gasteiger partial charge in [0.15, 0.2) is 0 Å². The smallest absolute Gasteiger partial charge is 0.407 e. The summed E-state index contributed by atoms with van der Waals surface area (Å²) in [5.41, 5.74) is 1.79. The Bertz CT molecular complexity index is 434. The summed E-state index contributed by atoms with van der Waals surface area (Å²) < 4.78 is 6.20. The SMILES string of the molecule is C=C(CC)/C(=C\C(Br)=C/C)CNCCNC(=O)OC(C)(C)C. The predicted molar refractivity (Wildman–Crippen MR) is 97.3 cm³/mol. The summed E-state index contributed by atoms with van der Waals surface area (Å²) in [4.78, 5) is 11.5. The van der Waals surface area contributed by atoms with Crippen LogP contribution in [0.4, 0.5) is 4.79 Å². The van der Waals surface area contributed by atoms with E-state index < -0.39 is 5.60 Å². The molecule has 0 bridgehead atoms. The Hall–Kier alpha value is -1.07. The van der Waals surface area contributed by atoms with E-state index in [-0.39, 0.29) is 6.09 Å². The lowest BCUT2D eigenvalue weighted by atomic mass is 10.1. The van der Waals surface area contributed by atoms with Crippen LogP contribution in [-0.2, 0) is 4.74 Å². The maximum Gasteiger partial charge on any atom is 0.407 e. The van der Waals surface area contributed by atoms with Gasteiger partial charge in [0.2, 0.25) is 0 Å². The van der Waals surface area contributed by atoms with Crippen molar-refractivity contribution in [3.63, 3.8) is 0 Å². The Kier molecular flexibility index (Phi) is 10.1. The zero-order valence-corrected chi connectivity index (χ0v) is 16.0. The molecule has 22 heavy (non-hydrogen) atoms. The average molecular weight is 373 g/mol. The summed E-state index contributed by atoms with van der Waals surface area (Å²) in [6.45, 7) is 15.6. The maximum absolute atomic E-state index is 11.5. The number of halogens is 1. The van der Waals surface area contributed by atoms with Crippen molar-refractivity contribution < 1.29 is 9.53 Å². The number of amides is 1. The molecule has 0 unspecified atom stereocenters. The van der Waals surface area contributed by atoms with Crippen LogP contribution in [0.15, 0.2) is 34.4 Å². The van der Waals surface area contributed by atoms with Crippen molar-refractivity contribution in [2.75, 3.05) is 19.6 Å². The minimum absolute atomic E-state index is 0.389. The fourth-order valence-corrected chi connectivity index (χ4v) is 1.82. The van der Waals surface area contributed by atoms with Crippen molar-refractivity contribution in [2.45, 2.75) is 46.6 Å². The summed E-state index contributed by atoms with van der Waals surface area (Å²) in [5.74, 6) is 0. The Morgan fingerprint density at radius 1 is 1.32 bits per heavy atom. The number of hydrogen-bond donors (Lipinski definition) is 2. The molecule has 0 fully saturated rings. The topological polar surface area (TPSA) is 50.4 Å². The highest BCUT2D eigenvalue weighted by molar-refractivity contribution is 9.11. The Morgan fingerprint density at radius 2 is 1.95 bits per heavy atom. The summed E-state index contributed by atoms with van der Waals surface area (Å²) in [5, 5.41) is 6.02. The van der Waals surface area contributed by atoms with Crippen LogP contribution in [0.2, 0.25) is 0 Å². The first kappa shape index (κ1) is 20.9. The van der Waals surface area contributed by atoms with Crippen molar-refractivity contribution in [1.29, 1.82) is 0 Å². The average Bonchev–Trinajstić information content (AvgIpc) is 2.42. The first-order valence-corrected chi connectivity index (χ1v) is 8.37. The van der Waals surface area contributed by atoms with Crippen molar-refractivity contribution in [3.8, 4) is 0 Å². The van der Waals surface area contributed by atoms with Gasteiger partial charge >= 0.3 is 6.09 Å². The van der Waals surface area contributed by atoms with Crippen molar-refractivity contribution >= 4 is 22.0 Å². The third-order valence-electron chi connectivity index (χ3n) is 2.75. The van der Waals surface area contributed by atoms with Crippen LogP contribution in [0.1, 0.15) is 41.0 Å². The van der Waals surface area contributed by atoms with Crippen LogP contribution in [0.3, 0.4) is 0 Å². The molecule has 5 heteroatoms. The molecule has 4 nitrogen and oxygen atoms in total. The Balaban J connectivity index is 4.18. The Labute approximate surface area is 143 Å². The van der Waals surface area contributed by atoms with Gasteiger partial charge < -0.3 is 15.4 Å². The van der Waals surface area contributed by atoms with E-state index in [9.17, 15) is 4.79 Å². The van der Waals surface area contributed by atoms with Gasteiger partial charge in [-0.1, -0.05) is 41.1 Å². The van der Waals surface area contributed by atoms with Crippen molar-refractivity contribution in [1.82, 2.24) is 10.6 Å². The van der Waals surface area contributed by atoms with E-state index in [2.05, 4.69) is 46.1 Å². The number of hydrogen-bond acceptors (Lipinski definition) is 3. The molecule has 0 rings (SSSR count). The molecule has 0 aliphatic heterocycles. The van der Waals surface area contributed by atoms with Crippen LogP contribution in [-0.4, -0.2) is 31.3 Å². The van der Waals surface area contributed by atoms with E-state index in [0.717, 1.165) is 22.0 Å². The Morgan fingerprint density at radius 3 is 2.45 bits per heavy atom. The molecule has 0 saturated carbocycles. The molecule has 0 spiro atoms. The largest absolute Gasteiger partial charge is 0.444 e. The van der Waals surface area contributed by atoms with E-state index in [1.165, 1.54) is 0 Å². The number of rotatable bonds is 8. The number of allylic oxidation sites excluding steroid dienone is 3. The predicted octanol–water partition coefficient (Wildman–Crippen LogP) is 4.29. The molecule has 0 aliphatic rings. The lowest BCUT2D eigenvalue weighted by molar-refractivity contribution is 0.0528. The number of nitrogens with one attached hydrogen (secondary N) is 2. The molecule has 0 aromatic heterocycles. The van der Waals surface area contributed by atoms with Gasteiger partial charge in [0.05, 0.1) is 0 Å². The normalized spacial score (nSPS) is 13.0. The summed E-state index contributed by atoms with van der Waals surface area (Å²) >= 11 is 3.49. The molecular formula is C17H29BrN2O2. The van der Waals surface area contributed by atoms with Gasteiger partial charge in [-0.15, -0.1) is 0 Å². The fourth-order valence-electron chi connectivity index (χ4n) is 1.55. The number of alkyl carbamates (subject to hydrolysis) is 1. The van der Waals surface area contributed by atoms with Gasteiger partial charge in [-0.3, -0.25) is 0 Å². The molecule has 2 N–H and O–H groups in total. The molecular weight excluding hydrogens is 344 g/mol. The quantitative estimate of drug-likeness (QED) is 0.493. The molecule has 0 aliphatic carbocycles. The first-order chi connectivity index (χ1) is 10.2. The van der Waals surface area contributed by atoms with E-state index in [0.29, 0.717) is 19.6 Å². The van der Waals surface area contributed by atoms with E-state index >= 15 is 0 Å². The molecule has 0 heterocycles. The maximum atomic E-state index is 11.5. The van der Waals surface area contributed by atoms with Gasteiger partial charge in [-0.2, -0.15) is 0 Å². The molecule has 0 atom stereocenters. The molecule has 126 valence electrons. The van der Waals surface area contributed by atoms with Crippen LogP contribution < -0.4 is 10.6 Å². The number of carbonyl (C=O) groups excluding carboxylic acids is 1. The van der Waals surface area contributed by atoms with Crippen LogP contribution >= 0.6 is 15.9 Å². The van der Waals surface area contributed by atoms with Gasteiger partial charge in [0, 0.05) is 24.1 Å². The number of carbonyl (C=O) groups is 1. The molecule has 0 aromatic rings. The second kappa shape index (κ2) is 10.6. The van der Waals surface area contributed by atoms with Crippen LogP contribution in [0.5, 0.6) is 0 Å². The third-order valence-corrected chi connectivity index (χ3v) is 3.44. The van der Waals surface area contributed by atoms with Gasteiger partial charge in [0.1, 0.15) is 5.60 Å². The molecule has 0 radical (unpaired) electrons. The second-order valence-electron chi connectivity index (χ2n) is 5.91. The fraction of sp³-hybridized carbons (Fsp3) is 0.588. The first-order valence-electron chi connectivity index (χ1n) is 7.57. The van der Waals surface area contributed by atoms with Gasteiger partial charge in [-0.25, -0.2) is 4.79 Å². The van der Waals surface area contributed by atoms with Crippen molar-refractivity contribution in [3.05, 3.63) is 34.4 Å². The highest BCUT2D eigenvalue weighted by atomic mass is 79.9. The molecule has 0 aromatic carbocycles. The summed E-state index contributed by atoms with van der Waals surface area (Å²) in [6.07, 6.45) is 4.58. The van der Waals surface area contributed by atoms with E-state index in [1.807, 2.05) is 33.8 Å².